The Morgan fingerprint density at radius 1 is 1.26 bits per heavy atom. The number of halogens is 1. The number of morpholine rings is 1. The number of nitrogens with zero attached hydrogens (tertiary/aromatic N) is 4. The first-order valence-corrected chi connectivity index (χ1v) is 10.9. The van der Waals surface area contributed by atoms with E-state index >= 15 is 0 Å². The fourth-order valence-electron chi connectivity index (χ4n) is 3.98. The number of guanidine groups is 1. The topological polar surface area (TPSA) is 62.2 Å². The minimum Gasteiger partial charge on any atom is -0.439 e. The molecule has 1 unspecified atom stereocenters. The molecule has 0 bridgehead atoms. The van der Waals surface area contributed by atoms with Gasteiger partial charge in [-0.05, 0) is 31.0 Å². The van der Waals surface area contributed by atoms with Crippen molar-refractivity contribution < 1.29 is 13.9 Å². The SMILES string of the molecule is CCNC(=NCc1ccc(Oc2cccc(F)c2)nc1)N1CCC(N2CCOCC2)C1. The van der Waals surface area contributed by atoms with Crippen LogP contribution in [0.1, 0.15) is 18.9 Å². The molecule has 2 aliphatic rings. The average Bonchev–Trinajstić information content (AvgIpc) is 3.28. The van der Waals surface area contributed by atoms with Crippen molar-refractivity contribution in [3.05, 3.63) is 54.0 Å². The highest BCUT2D eigenvalue weighted by atomic mass is 19.1. The van der Waals surface area contributed by atoms with Crippen LogP contribution in [-0.2, 0) is 11.3 Å². The van der Waals surface area contributed by atoms with Gasteiger partial charge in [0, 0.05) is 57.1 Å². The molecule has 2 aliphatic heterocycles. The maximum atomic E-state index is 13.3. The number of benzene rings is 1. The van der Waals surface area contributed by atoms with Crippen LogP contribution < -0.4 is 10.1 Å². The van der Waals surface area contributed by atoms with E-state index in [0.717, 1.165) is 63.9 Å². The van der Waals surface area contributed by atoms with Crippen molar-refractivity contribution in [1.29, 1.82) is 0 Å². The third kappa shape index (κ3) is 5.92. The van der Waals surface area contributed by atoms with Gasteiger partial charge in [0.25, 0.3) is 0 Å². The Labute approximate surface area is 182 Å². The smallest absolute Gasteiger partial charge is 0.219 e. The van der Waals surface area contributed by atoms with Crippen LogP contribution in [0.15, 0.2) is 47.6 Å². The Morgan fingerprint density at radius 3 is 2.87 bits per heavy atom. The van der Waals surface area contributed by atoms with Crippen LogP contribution in [0.25, 0.3) is 0 Å². The van der Waals surface area contributed by atoms with Crippen molar-refractivity contribution in [1.82, 2.24) is 20.1 Å². The van der Waals surface area contributed by atoms with E-state index in [9.17, 15) is 4.39 Å². The molecule has 8 heteroatoms. The summed E-state index contributed by atoms with van der Waals surface area (Å²) in [4.78, 5) is 14.0. The van der Waals surface area contributed by atoms with Crippen molar-refractivity contribution in [2.75, 3.05) is 45.9 Å². The van der Waals surface area contributed by atoms with Gasteiger partial charge in [-0.3, -0.25) is 4.90 Å². The molecule has 166 valence electrons. The van der Waals surface area contributed by atoms with Crippen molar-refractivity contribution in [3.8, 4) is 11.6 Å². The summed E-state index contributed by atoms with van der Waals surface area (Å²) in [5.74, 6) is 1.46. The largest absolute Gasteiger partial charge is 0.439 e. The zero-order valence-corrected chi connectivity index (χ0v) is 18.0. The predicted molar refractivity (Wildman–Crippen MR) is 118 cm³/mol. The van der Waals surface area contributed by atoms with Gasteiger partial charge in [0.2, 0.25) is 5.88 Å². The van der Waals surface area contributed by atoms with Crippen LogP contribution >= 0.6 is 0 Å². The van der Waals surface area contributed by atoms with E-state index in [1.165, 1.54) is 12.1 Å². The van der Waals surface area contributed by atoms with E-state index in [2.05, 4.69) is 27.0 Å². The van der Waals surface area contributed by atoms with Gasteiger partial charge in [-0.15, -0.1) is 0 Å². The molecular weight excluding hydrogens is 397 g/mol. The Morgan fingerprint density at radius 2 is 2.13 bits per heavy atom. The molecule has 0 radical (unpaired) electrons. The minimum atomic E-state index is -0.336. The summed E-state index contributed by atoms with van der Waals surface area (Å²) >= 11 is 0. The van der Waals surface area contributed by atoms with Gasteiger partial charge >= 0.3 is 0 Å². The number of aliphatic imine (C=N–C) groups is 1. The number of pyridine rings is 1. The van der Waals surface area contributed by atoms with Crippen molar-refractivity contribution in [2.24, 2.45) is 4.99 Å². The molecule has 0 saturated carbocycles. The second kappa shape index (κ2) is 10.5. The van der Waals surface area contributed by atoms with Gasteiger partial charge in [-0.25, -0.2) is 14.4 Å². The van der Waals surface area contributed by atoms with E-state index in [1.807, 2.05) is 6.07 Å². The first-order valence-electron chi connectivity index (χ1n) is 10.9. The lowest BCUT2D eigenvalue weighted by Gasteiger charge is -2.32. The van der Waals surface area contributed by atoms with Gasteiger partial charge in [0.1, 0.15) is 11.6 Å². The number of hydrogen-bond acceptors (Lipinski definition) is 5. The van der Waals surface area contributed by atoms with Crippen LogP contribution in [-0.4, -0.2) is 72.7 Å². The molecule has 7 nitrogen and oxygen atoms in total. The van der Waals surface area contributed by atoms with E-state index < -0.39 is 0 Å². The molecule has 1 atom stereocenters. The first kappa shape index (κ1) is 21.5. The lowest BCUT2D eigenvalue weighted by molar-refractivity contribution is 0.0195. The molecule has 1 aromatic heterocycles. The van der Waals surface area contributed by atoms with E-state index in [4.69, 9.17) is 14.5 Å². The molecule has 1 N–H and O–H groups in total. The monoisotopic (exact) mass is 427 g/mol. The summed E-state index contributed by atoms with van der Waals surface area (Å²) in [6, 6.07) is 10.3. The number of ether oxygens (including phenoxy) is 2. The van der Waals surface area contributed by atoms with E-state index in [0.29, 0.717) is 24.2 Å². The molecule has 2 saturated heterocycles. The van der Waals surface area contributed by atoms with Crippen LogP contribution in [0.5, 0.6) is 11.6 Å². The summed E-state index contributed by atoms with van der Waals surface area (Å²) < 4.78 is 24.4. The van der Waals surface area contributed by atoms with Gasteiger partial charge in [0.05, 0.1) is 19.8 Å². The molecular formula is C23H30FN5O2. The number of aromatic nitrogens is 1. The summed E-state index contributed by atoms with van der Waals surface area (Å²) in [6.45, 7) is 9.14. The fraction of sp³-hybridized carbons (Fsp3) is 0.478. The Balaban J connectivity index is 1.35. The number of likely N-dealkylation sites (tertiary alicyclic amines) is 1. The number of rotatable bonds is 6. The van der Waals surface area contributed by atoms with E-state index in [1.54, 1.807) is 24.4 Å². The zero-order chi connectivity index (χ0) is 21.5. The Kier molecular flexibility index (Phi) is 7.32. The second-order valence-corrected chi connectivity index (χ2v) is 7.77. The molecule has 0 amide bonds. The predicted octanol–water partition coefficient (Wildman–Crippen LogP) is 2.89. The first-order chi connectivity index (χ1) is 15.2. The maximum Gasteiger partial charge on any atom is 0.219 e. The lowest BCUT2D eigenvalue weighted by atomic mass is 10.2. The van der Waals surface area contributed by atoms with Gasteiger partial charge < -0.3 is 19.7 Å². The highest BCUT2D eigenvalue weighted by Crippen LogP contribution is 2.21. The summed E-state index contributed by atoms with van der Waals surface area (Å²) in [5.41, 5.74) is 0.992. The molecule has 0 spiro atoms. The van der Waals surface area contributed by atoms with Crippen LogP contribution in [0, 0.1) is 5.82 Å². The van der Waals surface area contributed by atoms with Crippen molar-refractivity contribution in [2.45, 2.75) is 25.9 Å². The molecule has 0 aliphatic carbocycles. The molecule has 4 rings (SSSR count). The lowest BCUT2D eigenvalue weighted by Crippen LogP contribution is -2.46. The number of hydrogen-bond donors (Lipinski definition) is 1. The van der Waals surface area contributed by atoms with Gasteiger partial charge in [-0.1, -0.05) is 12.1 Å². The quantitative estimate of drug-likeness (QED) is 0.565. The average molecular weight is 428 g/mol. The molecule has 1 aromatic carbocycles. The Hall–Kier alpha value is -2.71. The molecule has 2 aromatic rings. The van der Waals surface area contributed by atoms with Gasteiger partial charge in [0.15, 0.2) is 5.96 Å². The molecule has 2 fully saturated rings. The zero-order valence-electron chi connectivity index (χ0n) is 18.0. The summed E-state index contributed by atoms with van der Waals surface area (Å²) in [6.07, 6.45) is 2.90. The normalized spacial score (nSPS) is 20.1. The standard InChI is InChI=1S/C23H30FN5O2/c1-2-25-23(29-9-8-20(17-29)28-10-12-30-13-11-28)27-16-18-6-7-22(26-15-18)31-21-5-3-4-19(24)14-21/h3-7,14-15,20H,2,8-13,16-17H2,1H3,(H,25,27). The number of nitrogens with one attached hydrogen (secondary N) is 1. The highest BCUT2D eigenvalue weighted by Gasteiger charge is 2.30. The second-order valence-electron chi connectivity index (χ2n) is 7.77. The Bertz CT molecular complexity index is 871. The van der Waals surface area contributed by atoms with Crippen LogP contribution in [0.3, 0.4) is 0 Å². The third-order valence-electron chi connectivity index (χ3n) is 5.59. The summed E-state index contributed by atoms with van der Waals surface area (Å²) in [5, 5.41) is 3.42. The van der Waals surface area contributed by atoms with Crippen molar-refractivity contribution >= 4 is 5.96 Å². The highest BCUT2D eigenvalue weighted by molar-refractivity contribution is 5.80. The van der Waals surface area contributed by atoms with Crippen LogP contribution in [0.4, 0.5) is 4.39 Å². The minimum absolute atomic E-state index is 0.336. The van der Waals surface area contributed by atoms with E-state index in [-0.39, 0.29) is 5.82 Å². The third-order valence-corrected chi connectivity index (χ3v) is 5.59. The van der Waals surface area contributed by atoms with Crippen LogP contribution in [0.2, 0.25) is 0 Å². The van der Waals surface area contributed by atoms with Gasteiger partial charge in [-0.2, -0.15) is 0 Å². The summed E-state index contributed by atoms with van der Waals surface area (Å²) in [7, 11) is 0. The fourth-order valence-corrected chi connectivity index (χ4v) is 3.98. The molecule has 31 heavy (non-hydrogen) atoms. The maximum absolute atomic E-state index is 13.3. The molecule has 3 heterocycles. The van der Waals surface area contributed by atoms with Crippen molar-refractivity contribution in [3.63, 3.8) is 0 Å².